The van der Waals surface area contributed by atoms with Gasteiger partial charge >= 0.3 is 6.03 Å². The fraction of sp³-hybridized carbons (Fsp3) is 0.647. The van der Waals surface area contributed by atoms with E-state index < -0.39 is 0 Å². The minimum Gasteiger partial charge on any atom is -0.379 e. The molecule has 0 saturated carbocycles. The molecule has 0 bridgehead atoms. The van der Waals surface area contributed by atoms with Gasteiger partial charge < -0.3 is 20.3 Å². The molecule has 3 heterocycles. The van der Waals surface area contributed by atoms with Crippen LogP contribution in [-0.4, -0.2) is 79.8 Å². The summed E-state index contributed by atoms with van der Waals surface area (Å²) in [6.45, 7) is 8.97. The number of hydrogen-bond acceptors (Lipinski definition) is 5. The summed E-state index contributed by atoms with van der Waals surface area (Å²) in [5.41, 5.74) is 0.765. The molecule has 2 aliphatic rings. The van der Waals surface area contributed by atoms with Crippen molar-refractivity contribution in [1.82, 2.24) is 20.1 Å². The van der Waals surface area contributed by atoms with Gasteiger partial charge in [0.25, 0.3) is 0 Å². The maximum atomic E-state index is 11.9. The second-order valence-corrected chi connectivity index (χ2v) is 6.48. The number of carbonyl (C=O) groups excluding carboxylic acids is 1. The van der Waals surface area contributed by atoms with Crippen LogP contribution in [0.3, 0.4) is 0 Å². The van der Waals surface area contributed by atoms with Gasteiger partial charge in [-0.25, -0.2) is 4.79 Å². The number of likely N-dealkylation sites (tertiary alicyclic amines) is 1. The number of carbonyl (C=O) groups is 1. The highest BCUT2D eigenvalue weighted by Gasteiger charge is 2.23. The number of aromatic nitrogens is 1. The van der Waals surface area contributed by atoms with E-state index in [1.165, 1.54) is 0 Å². The van der Waals surface area contributed by atoms with E-state index in [9.17, 15) is 4.79 Å². The normalized spacial score (nSPS) is 22.4. The molecule has 0 aromatic carbocycles. The number of amides is 2. The molecule has 0 radical (unpaired) electrons. The van der Waals surface area contributed by atoms with E-state index in [4.69, 9.17) is 4.74 Å². The summed E-state index contributed by atoms with van der Waals surface area (Å²) < 4.78 is 5.38. The Morgan fingerprint density at radius 3 is 2.71 bits per heavy atom. The second kappa shape index (κ2) is 8.96. The Bertz CT molecular complexity index is 507. The molecule has 2 fully saturated rings. The molecular formula is C17H27N5O2. The number of nitrogens with one attached hydrogen (secondary N) is 2. The number of ether oxygens (including phenoxy) is 1. The van der Waals surface area contributed by atoms with Crippen LogP contribution in [0, 0.1) is 5.92 Å². The summed E-state index contributed by atoms with van der Waals surface area (Å²) in [6.07, 6.45) is 4.48. The predicted octanol–water partition coefficient (Wildman–Crippen LogP) is 0.857. The minimum atomic E-state index is -0.145. The lowest BCUT2D eigenvalue weighted by atomic mass is 10.1. The van der Waals surface area contributed by atoms with Gasteiger partial charge in [0.15, 0.2) is 0 Å². The first-order chi connectivity index (χ1) is 11.8. The third kappa shape index (κ3) is 5.43. The van der Waals surface area contributed by atoms with E-state index in [2.05, 4.69) is 25.4 Å². The molecule has 0 aliphatic carbocycles. The Balaban J connectivity index is 1.30. The van der Waals surface area contributed by atoms with Crippen molar-refractivity contribution in [1.29, 1.82) is 0 Å². The number of urea groups is 1. The first-order valence-electron chi connectivity index (χ1n) is 8.77. The number of morpholine rings is 1. The van der Waals surface area contributed by atoms with Crippen molar-refractivity contribution in [2.24, 2.45) is 5.92 Å². The van der Waals surface area contributed by atoms with Crippen molar-refractivity contribution in [3.63, 3.8) is 0 Å². The van der Waals surface area contributed by atoms with Crippen LogP contribution in [0.2, 0.25) is 0 Å². The number of nitrogens with zero attached hydrogens (tertiary/aromatic N) is 3. The van der Waals surface area contributed by atoms with Crippen molar-refractivity contribution < 1.29 is 9.53 Å². The van der Waals surface area contributed by atoms with Gasteiger partial charge in [0.1, 0.15) is 0 Å². The van der Waals surface area contributed by atoms with Gasteiger partial charge in [-0.2, -0.15) is 0 Å². The summed E-state index contributed by atoms with van der Waals surface area (Å²) in [4.78, 5) is 20.8. The molecular weight excluding hydrogens is 306 g/mol. The Kier molecular flexibility index (Phi) is 6.40. The van der Waals surface area contributed by atoms with Gasteiger partial charge in [-0.15, -0.1) is 0 Å². The molecule has 1 aromatic heterocycles. The summed E-state index contributed by atoms with van der Waals surface area (Å²) in [5.74, 6) is 0.540. The highest BCUT2D eigenvalue weighted by molar-refractivity contribution is 5.89. The SMILES string of the molecule is O=C(NC[C@@H]1CCN(CCN2CCOCC2)C1)Nc1ccncc1. The molecule has 1 aromatic rings. The van der Waals surface area contributed by atoms with Crippen LogP contribution in [0.15, 0.2) is 24.5 Å². The lowest BCUT2D eigenvalue weighted by Gasteiger charge is -2.28. The number of anilines is 1. The van der Waals surface area contributed by atoms with Gasteiger partial charge in [-0.3, -0.25) is 9.88 Å². The largest absolute Gasteiger partial charge is 0.379 e. The quantitative estimate of drug-likeness (QED) is 0.808. The molecule has 24 heavy (non-hydrogen) atoms. The number of hydrogen-bond donors (Lipinski definition) is 2. The molecule has 0 unspecified atom stereocenters. The highest BCUT2D eigenvalue weighted by atomic mass is 16.5. The molecule has 2 amide bonds. The average molecular weight is 333 g/mol. The van der Waals surface area contributed by atoms with Gasteiger partial charge in [0, 0.05) is 57.3 Å². The minimum absolute atomic E-state index is 0.145. The summed E-state index contributed by atoms with van der Waals surface area (Å²) in [5, 5.41) is 5.80. The molecule has 0 spiro atoms. The Hall–Kier alpha value is -1.70. The molecule has 7 nitrogen and oxygen atoms in total. The van der Waals surface area contributed by atoms with E-state index in [0.29, 0.717) is 5.92 Å². The summed E-state index contributed by atoms with van der Waals surface area (Å²) in [6, 6.07) is 3.42. The van der Waals surface area contributed by atoms with Crippen LogP contribution in [0.5, 0.6) is 0 Å². The monoisotopic (exact) mass is 333 g/mol. The van der Waals surface area contributed by atoms with E-state index >= 15 is 0 Å². The third-order valence-corrected chi connectivity index (χ3v) is 4.70. The molecule has 1 atom stereocenters. The van der Waals surface area contributed by atoms with Crippen LogP contribution in [0.4, 0.5) is 10.5 Å². The van der Waals surface area contributed by atoms with Gasteiger partial charge in [-0.05, 0) is 31.0 Å². The fourth-order valence-electron chi connectivity index (χ4n) is 3.24. The smallest absolute Gasteiger partial charge is 0.319 e. The lowest BCUT2D eigenvalue weighted by molar-refractivity contribution is 0.0343. The molecule has 7 heteroatoms. The van der Waals surface area contributed by atoms with Gasteiger partial charge in [0.2, 0.25) is 0 Å². The Morgan fingerprint density at radius 1 is 1.17 bits per heavy atom. The summed E-state index contributed by atoms with van der Waals surface area (Å²) in [7, 11) is 0. The number of pyridine rings is 1. The zero-order valence-electron chi connectivity index (χ0n) is 14.1. The third-order valence-electron chi connectivity index (χ3n) is 4.70. The Morgan fingerprint density at radius 2 is 1.92 bits per heavy atom. The lowest BCUT2D eigenvalue weighted by Crippen LogP contribution is -2.41. The highest BCUT2D eigenvalue weighted by Crippen LogP contribution is 2.15. The van der Waals surface area contributed by atoms with E-state index in [1.807, 2.05) is 0 Å². The fourth-order valence-corrected chi connectivity index (χ4v) is 3.24. The molecule has 2 saturated heterocycles. The first-order valence-corrected chi connectivity index (χ1v) is 8.77. The van der Waals surface area contributed by atoms with Crippen molar-refractivity contribution >= 4 is 11.7 Å². The maximum Gasteiger partial charge on any atom is 0.319 e. The first kappa shape index (κ1) is 17.1. The topological polar surface area (TPSA) is 69.7 Å². The van der Waals surface area contributed by atoms with Crippen molar-refractivity contribution in [3.05, 3.63) is 24.5 Å². The van der Waals surface area contributed by atoms with E-state index in [-0.39, 0.29) is 6.03 Å². The van der Waals surface area contributed by atoms with Crippen LogP contribution >= 0.6 is 0 Å². The zero-order chi connectivity index (χ0) is 16.6. The van der Waals surface area contributed by atoms with Crippen LogP contribution < -0.4 is 10.6 Å². The standard InChI is InChI=1S/C17H27N5O2/c23-17(20-16-1-4-18-5-2-16)19-13-15-3-6-22(14-15)8-7-21-9-11-24-12-10-21/h1-2,4-5,15H,3,6-14H2,(H2,18,19,20,23)/t15-/m0/s1. The van der Waals surface area contributed by atoms with Gasteiger partial charge in [-0.1, -0.05) is 0 Å². The van der Waals surface area contributed by atoms with Crippen LogP contribution in [0.1, 0.15) is 6.42 Å². The summed E-state index contributed by atoms with van der Waals surface area (Å²) >= 11 is 0. The predicted molar refractivity (Wildman–Crippen MR) is 93.1 cm³/mol. The van der Waals surface area contributed by atoms with Crippen molar-refractivity contribution in [2.75, 3.05) is 64.3 Å². The average Bonchev–Trinajstić information content (AvgIpc) is 3.08. The zero-order valence-corrected chi connectivity index (χ0v) is 14.1. The van der Waals surface area contributed by atoms with E-state index in [0.717, 1.165) is 71.1 Å². The van der Waals surface area contributed by atoms with Crippen molar-refractivity contribution in [3.8, 4) is 0 Å². The van der Waals surface area contributed by atoms with Gasteiger partial charge in [0.05, 0.1) is 13.2 Å². The molecule has 132 valence electrons. The van der Waals surface area contributed by atoms with Crippen LogP contribution in [-0.2, 0) is 4.74 Å². The second-order valence-electron chi connectivity index (χ2n) is 6.48. The molecule has 2 aliphatic heterocycles. The molecule has 3 rings (SSSR count). The molecule has 2 N–H and O–H groups in total. The van der Waals surface area contributed by atoms with Crippen molar-refractivity contribution in [2.45, 2.75) is 6.42 Å². The van der Waals surface area contributed by atoms with Crippen LogP contribution in [0.25, 0.3) is 0 Å². The maximum absolute atomic E-state index is 11.9. The van der Waals surface area contributed by atoms with E-state index in [1.54, 1.807) is 24.5 Å². The number of rotatable bonds is 6. The Labute approximate surface area is 143 Å².